The van der Waals surface area contributed by atoms with Gasteiger partial charge in [0.2, 0.25) is 5.91 Å². The van der Waals surface area contributed by atoms with Crippen molar-refractivity contribution in [2.75, 3.05) is 26.8 Å². The van der Waals surface area contributed by atoms with Crippen LogP contribution in [0.4, 0.5) is 0 Å². The van der Waals surface area contributed by atoms with E-state index in [4.69, 9.17) is 4.74 Å². The number of hydrogen-bond acceptors (Lipinski definition) is 3. The number of nitrogens with one attached hydrogen (secondary N) is 2. The average molecular weight is 256 g/mol. The first-order chi connectivity index (χ1) is 8.76. The number of hydrogen-bond donors (Lipinski definition) is 2. The molecule has 1 atom stereocenters. The number of carbonyl (C=O) groups is 1. The summed E-state index contributed by atoms with van der Waals surface area (Å²) >= 11 is 0. The van der Waals surface area contributed by atoms with Crippen LogP contribution in [0.15, 0.2) is 0 Å². The molecule has 0 saturated carbocycles. The van der Waals surface area contributed by atoms with Gasteiger partial charge in [-0.2, -0.15) is 0 Å². The van der Waals surface area contributed by atoms with E-state index in [1.54, 1.807) is 7.11 Å². The fourth-order valence-electron chi connectivity index (χ4n) is 2.55. The summed E-state index contributed by atoms with van der Waals surface area (Å²) < 4.78 is 5.13. The summed E-state index contributed by atoms with van der Waals surface area (Å²) in [5, 5.41) is 6.43. The third kappa shape index (κ3) is 6.36. The lowest BCUT2D eigenvalue weighted by atomic mass is 9.93. The van der Waals surface area contributed by atoms with E-state index in [2.05, 4.69) is 17.6 Å². The quantitative estimate of drug-likeness (QED) is 0.695. The Kier molecular flexibility index (Phi) is 8.01. The SMILES string of the molecule is CCCC(COC)NC(=O)CCC1CCNCC1. The Morgan fingerprint density at radius 2 is 2.17 bits per heavy atom. The van der Waals surface area contributed by atoms with E-state index in [0.29, 0.717) is 13.0 Å². The Morgan fingerprint density at radius 1 is 1.44 bits per heavy atom. The number of carbonyl (C=O) groups excluding carboxylic acids is 1. The van der Waals surface area contributed by atoms with Crippen LogP contribution in [0, 0.1) is 5.92 Å². The first kappa shape index (κ1) is 15.4. The number of methoxy groups -OCH3 is 1. The Balaban J connectivity index is 2.17. The van der Waals surface area contributed by atoms with Gasteiger partial charge < -0.3 is 15.4 Å². The summed E-state index contributed by atoms with van der Waals surface area (Å²) in [4.78, 5) is 11.9. The molecule has 1 aliphatic rings. The van der Waals surface area contributed by atoms with Gasteiger partial charge in [0, 0.05) is 13.5 Å². The fraction of sp³-hybridized carbons (Fsp3) is 0.929. The van der Waals surface area contributed by atoms with E-state index in [-0.39, 0.29) is 11.9 Å². The lowest BCUT2D eigenvalue weighted by Gasteiger charge is -2.23. The number of piperidine rings is 1. The van der Waals surface area contributed by atoms with Gasteiger partial charge in [0.25, 0.3) is 0 Å². The van der Waals surface area contributed by atoms with Crippen molar-refractivity contribution in [3.05, 3.63) is 0 Å². The smallest absolute Gasteiger partial charge is 0.220 e. The lowest BCUT2D eigenvalue weighted by Crippen LogP contribution is -2.38. The zero-order valence-corrected chi connectivity index (χ0v) is 11.8. The van der Waals surface area contributed by atoms with Gasteiger partial charge in [0.05, 0.1) is 12.6 Å². The van der Waals surface area contributed by atoms with Crippen LogP contribution in [0.25, 0.3) is 0 Å². The molecule has 1 saturated heterocycles. The second kappa shape index (κ2) is 9.34. The van der Waals surface area contributed by atoms with Crippen molar-refractivity contribution in [3.63, 3.8) is 0 Å². The van der Waals surface area contributed by atoms with Crippen LogP contribution in [-0.2, 0) is 9.53 Å². The van der Waals surface area contributed by atoms with E-state index >= 15 is 0 Å². The summed E-state index contributed by atoms with van der Waals surface area (Å²) in [6, 6.07) is 0.181. The van der Waals surface area contributed by atoms with Crippen LogP contribution in [0.1, 0.15) is 45.4 Å². The van der Waals surface area contributed by atoms with Gasteiger partial charge >= 0.3 is 0 Å². The predicted octanol–water partition coefficient (Wildman–Crippen LogP) is 1.70. The van der Waals surface area contributed by atoms with E-state index in [9.17, 15) is 4.79 Å². The van der Waals surface area contributed by atoms with Crippen molar-refractivity contribution in [1.82, 2.24) is 10.6 Å². The number of ether oxygens (including phenoxy) is 1. The fourth-order valence-corrected chi connectivity index (χ4v) is 2.55. The Morgan fingerprint density at radius 3 is 2.78 bits per heavy atom. The highest BCUT2D eigenvalue weighted by Gasteiger charge is 2.16. The Labute approximate surface area is 111 Å². The standard InChI is InChI=1S/C14H28N2O2/c1-3-4-13(11-18-2)16-14(17)6-5-12-7-9-15-10-8-12/h12-13,15H,3-11H2,1-2H3,(H,16,17). The first-order valence-electron chi connectivity index (χ1n) is 7.25. The van der Waals surface area contributed by atoms with Gasteiger partial charge in [-0.25, -0.2) is 0 Å². The van der Waals surface area contributed by atoms with Crippen molar-refractivity contribution >= 4 is 5.91 Å². The molecule has 0 radical (unpaired) electrons. The minimum Gasteiger partial charge on any atom is -0.383 e. The largest absolute Gasteiger partial charge is 0.383 e. The second-order valence-corrected chi connectivity index (χ2v) is 5.24. The van der Waals surface area contributed by atoms with Crippen LogP contribution >= 0.6 is 0 Å². The lowest BCUT2D eigenvalue weighted by molar-refractivity contribution is -0.122. The molecule has 2 N–H and O–H groups in total. The normalized spacial score (nSPS) is 18.6. The van der Waals surface area contributed by atoms with Gasteiger partial charge in [0.15, 0.2) is 0 Å². The number of rotatable bonds is 8. The van der Waals surface area contributed by atoms with Crippen LogP contribution in [0.3, 0.4) is 0 Å². The molecule has 0 aromatic carbocycles. The topological polar surface area (TPSA) is 50.4 Å². The maximum absolute atomic E-state index is 11.9. The van der Waals surface area contributed by atoms with Gasteiger partial charge in [-0.3, -0.25) is 4.79 Å². The number of amides is 1. The van der Waals surface area contributed by atoms with Crippen LogP contribution in [0.5, 0.6) is 0 Å². The third-order valence-electron chi connectivity index (χ3n) is 3.61. The second-order valence-electron chi connectivity index (χ2n) is 5.24. The summed E-state index contributed by atoms with van der Waals surface area (Å²) in [5.74, 6) is 0.910. The first-order valence-corrected chi connectivity index (χ1v) is 7.25. The molecule has 1 amide bonds. The van der Waals surface area contributed by atoms with Gasteiger partial charge in [-0.1, -0.05) is 13.3 Å². The van der Waals surface area contributed by atoms with E-state index < -0.39 is 0 Å². The summed E-state index contributed by atoms with van der Waals surface area (Å²) in [5.41, 5.74) is 0. The predicted molar refractivity (Wildman–Crippen MR) is 73.5 cm³/mol. The molecule has 1 aliphatic heterocycles. The molecule has 4 nitrogen and oxygen atoms in total. The molecule has 1 fully saturated rings. The highest BCUT2D eigenvalue weighted by Crippen LogP contribution is 2.17. The highest BCUT2D eigenvalue weighted by atomic mass is 16.5. The van der Waals surface area contributed by atoms with Gasteiger partial charge in [-0.05, 0) is 44.7 Å². The summed E-state index contributed by atoms with van der Waals surface area (Å²) in [7, 11) is 1.68. The highest BCUT2D eigenvalue weighted by molar-refractivity contribution is 5.76. The molecule has 1 heterocycles. The molecule has 0 bridgehead atoms. The van der Waals surface area contributed by atoms with Crippen molar-refractivity contribution in [2.24, 2.45) is 5.92 Å². The average Bonchev–Trinajstić information content (AvgIpc) is 2.38. The molecule has 0 aliphatic carbocycles. The molecule has 0 aromatic rings. The maximum atomic E-state index is 11.9. The minimum atomic E-state index is 0.181. The maximum Gasteiger partial charge on any atom is 0.220 e. The van der Waals surface area contributed by atoms with E-state index in [1.165, 1.54) is 12.8 Å². The van der Waals surface area contributed by atoms with Gasteiger partial charge in [0.1, 0.15) is 0 Å². The molecule has 1 rings (SSSR count). The molecule has 0 spiro atoms. The molecular formula is C14H28N2O2. The molecule has 4 heteroatoms. The van der Waals surface area contributed by atoms with Crippen molar-refractivity contribution < 1.29 is 9.53 Å². The third-order valence-corrected chi connectivity index (χ3v) is 3.61. The van der Waals surface area contributed by atoms with Crippen molar-refractivity contribution in [1.29, 1.82) is 0 Å². The molecular weight excluding hydrogens is 228 g/mol. The van der Waals surface area contributed by atoms with E-state index in [0.717, 1.165) is 38.3 Å². The van der Waals surface area contributed by atoms with Crippen molar-refractivity contribution in [3.8, 4) is 0 Å². The monoisotopic (exact) mass is 256 g/mol. The molecule has 1 unspecified atom stereocenters. The van der Waals surface area contributed by atoms with Crippen molar-refractivity contribution in [2.45, 2.75) is 51.5 Å². The van der Waals surface area contributed by atoms with Crippen LogP contribution < -0.4 is 10.6 Å². The molecule has 0 aromatic heterocycles. The van der Waals surface area contributed by atoms with E-state index in [1.807, 2.05) is 0 Å². The Hall–Kier alpha value is -0.610. The zero-order valence-electron chi connectivity index (χ0n) is 11.8. The van der Waals surface area contributed by atoms with Crippen LogP contribution in [0.2, 0.25) is 0 Å². The zero-order chi connectivity index (χ0) is 13.2. The molecule has 106 valence electrons. The summed E-state index contributed by atoms with van der Waals surface area (Å²) in [6.07, 6.45) is 6.18. The summed E-state index contributed by atoms with van der Waals surface area (Å²) in [6.45, 7) is 4.96. The van der Waals surface area contributed by atoms with Gasteiger partial charge in [-0.15, -0.1) is 0 Å². The Bertz CT molecular complexity index is 222. The molecule has 18 heavy (non-hydrogen) atoms. The van der Waals surface area contributed by atoms with Crippen LogP contribution in [-0.4, -0.2) is 38.8 Å². The minimum absolute atomic E-state index is 0.181.